The van der Waals surface area contributed by atoms with Crippen molar-refractivity contribution in [2.75, 3.05) is 10.6 Å². The molecule has 0 aromatic heterocycles. The van der Waals surface area contributed by atoms with Crippen LogP contribution in [0.15, 0.2) is 36.4 Å². The van der Waals surface area contributed by atoms with Crippen molar-refractivity contribution in [3.63, 3.8) is 0 Å². The average Bonchev–Trinajstić information content (AvgIpc) is 2.47. The van der Waals surface area contributed by atoms with Gasteiger partial charge in [0, 0.05) is 16.4 Å². The van der Waals surface area contributed by atoms with Gasteiger partial charge >= 0.3 is 0 Å². The number of aryl methyl sites for hydroxylation is 2. The van der Waals surface area contributed by atoms with Crippen molar-refractivity contribution in [3.8, 4) is 0 Å². The number of anilines is 2. The summed E-state index contributed by atoms with van der Waals surface area (Å²) in [5.41, 5.74) is 4.31. The quantitative estimate of drug-likeness (QED) is 0.824. The van der Waals surface area contributed by atoms with Gasteiger partial charge in [0.2, 0.25) is 11.8 Å². The highest BCUT2D eigenvalue weighted by Crippen LogP contribution is 2.23. The second-order valence-corrected chi connectivity index (χ2v) is 5.89. The summed E-state index contributed by atoms with van der Waals surface area (Å²) < 4.78 is 0. The van der Waals surface area contributed by atoms with Gasteiger partial charge in [0.05, 0.1) is 0 Å². The molecule has 0 bridgehead atoms. The molecule has 0 saturated heterocycles. The highest BCUT2D eigenvalue weighted by molar-refractivity contribution is 6.31. The van der Waals surface area contributed by atoms with Crippen molar-refractivity contribution in [1.29, 1.82) is 0 Å². The van der Waals surface area contributed by atoms with Crippen LogP contribution < -0.4 is 10.6 Å². The largest absolute Gasteiger partial charge is 0.326 e. The summed E-state index contributed by atoms with van der Waals surface area (Å²) in [7, 11) is 0. The van der Waals surface area contributed by atoms with E-state index in [-0.39, 0.29) is 18.2 Å². The molecule has 2 amide bonds. The zero-order chi connectivity index (χ0) is 17.0. The summed E-state index contributed by atoms with van der Waals surface area (Å²) in [6.07, 6.45) is -0.251. The Hall–Kier alpha value is -2.33. The molecule has 120 valence electrons. The summed E-state index contributed by atoms with van der Waals surface area (Å²) >= 11 is 6.01. The Labute approximate surface area is 140 Å². The van der Waals surface area contributed by atoms with E-state index in [2.05, 4.69) is 10.6 Å². The third-order valence-corrected chi connectivity index (χ3v) is 4.06. The van der Waals surface area contributed by atoms with Gasteiger partial charge in [-0.15, -0.1) is 0 Å². The van der Waals surface area contributed by atoms with Crippen LogP contribution in [0, 0.1) is 20.8 Å². The lowest BCUT2D eigenvalue weighted by atomic mass is 10.1. The van der Waals surface area contributed by atoms with Crippen molar-refractivity contribution in [1.82, 2.24) is 0 Å². The molecule has 4 nitrogen and oxygen atoms in total. The predicted octanol–water partition coefficient (Wildman–Crippen LogP) is 4.23. The van der Waals surface area contributed by atoms with Crippen molar-refractivity contribution < 1.29 is 9.59 Å². The molecule has 2 aromatic rings. The second kappa shape index (κ2) is 7.29. The number of hydrogen-bond donors (Lipinski definition) is 2. The summed E-state index contributed by atoms with van der Waals surface area (Å²) in [4.78, 5) is 23.9. The zero-order valence-electron chi connectivity index (χ0n) is 13.4. The fraction of sp³-hybridized carbons (Fsp3) is 0.222. The average molecular weight is 331 g/mol. The molecule has 0 aliphatic rings. The Kier molecular flexibility index (Phi) is 5.40. The number of amides is 2. The smallest absolute Gasteiger partial charge is 0.233 e. The van der Waals surface area contributed by atoms with Gasteiger partial charge in [-0.2, -0.15) is 0 Å². The molecular formula is C18H19ClN2O2. The molecule has 5 heteroatoms. The van der Waals surface area contributed by atoms with Gasteiger partial charge in [0.1, 0.15) is 6.42 Å². The maximum Gasteiger partial charge on any atom is 0.233 e. The first-order chi connectivity index (χ1) is 10.9. The molecule has 0 atom stereocenters. The van der Waals surface area contributed by atoms with E-state index in [1.807, 2.05) is 39.0 Å². The lowest BCUT2D eigenvalue weighted by molar-refractivity contribution is -0.123. The van der Waals surface area contributed by atoms with Crippen LogP contribution in [0.3, 0.4) is 0 Å². The Morgan fingerprint density at radius 2 is 1.65 bits per heavy atom. The number of nitrogens with one attached hydrogen (secondary N) is 2. The number of halogens is 1. The van der Waals surface area contributed by atoms with Crippen LogP contribution in [0.1, 0.15) is 23.1 Å². The van der Waals surface area contributed by atoms with Gasteiger partial charge in [0.25, 0.3) is 0 Å². The van der Waals surface area contributed by atoms with E-state index in [4.69, 9.17) is 11.6 Å². The molecule has 0 heterocycles. The molecule has 0 unspecified atom stereocenters. The molecular weight excluding hydrogens is 312 g/mol. The van der Waals surface area contributed by atoms with Gasteiger partial charge in [-0.3, -0.25) is 9.59 Å². The maximum atomic E-state index is 12.0. The summed E-state index contributed by atoms with van der Waals surface area (Å²) in [5.74, 6) is -0.734. The molecule has 0 radical (unpaired) electrons. The van der Waals surface area contributed by atoms with Crippen LogP contribution >= 0.6 is 11.6 Å². The zero-order valence-corrected chi connectivity index (χ0v) is 14.1. The summed E-state index contributed by atoms with van der Waals surface area (Å²) in [5, 5.41) is 6.00. The topological polar surface area (TPSA) is 58.2 Å². The van der Waals surface area contributed by atoms with Gasteiger partial charge in [0.15, 0.2) is 0 Å². The molecule has 2 N–H and O–H groups in total. The first-order valence-electron chi connectivity index (χ1n) is 7.29. The molecule has 0 fully saturated rings. The maximum absolute atomic E-state index is 12.0. The van der Waals surface area contributed by atoms with Crippen molar-refractivity contribution in [2.45, 2.75) is 27.2 Å². The number of carbonyl (C=O) groups is 2. The normalized spacial score (nSPS) is 10.3. The van der Waals surface area contributed by atoms with E-state index in [1.54, 1.807) is 18.2 Å². The molecule has 2 aromatic carbocycles. The SMILES string of the molecule is Cc1ccc(NC(=O)CC(=O)Nc2cccc(Cl)c2C)cc1C. The first-order valence-corrected chi connectivity index (χ1v) is 7.66. The second-order valence-electron chi connectivity index (χ2n) is 5.48. The Balaban J connectivity index is 1.95. The lowest BCUT2D eigenvalue weighted by Gasteiger charge is -2.10. The minimum atomic E-state index is -0.378. The fourth-order valence-electron chi connectivity index (χ4n) is 2.11. The monoisotopic (exact) mass is 330 g/mol. The van der Waals surface area contributed by atoms with Crippen LogP contribution in [0.5, 0.6) is 0 Å². The number of carbonyl (C=O) groups excluding carboxylic acids is 2. The standard InChI is InChI=1S/C18H19ClN2O2/c1-11-7-8-14(9-12(11)2)20-17(22)10-18(23)21-16-6-4-5-15(19)13(16)3/h4-9H,10H2,1-3H3,(H,20,22)(H,21,23). The van der Waals surface area contributed by atoms with Gasteiger partial charge < -0.3 is 10.6 Å². The highest BCUT2D eigenvalue weighted by Gasteiger charge is 2.12. The first kappa shape index (κ1) is 17.0. The summed E-state index contributed by atoms with van der Waals surface area (Å²) in [6.45, 7) is 5.79. The van der Waals surface area contributed by atoms with Gasteiger partial charge in [-0.25, -0.2) is 0 Å². The van der Waals surface area contributed by atoms with Gasteiger partial charge in [-0.05, 0) is 61.7 Å². The van der Waals surface area contributed by atoms with Crippen LogP contribution in [0.4, 0.5) is 11.4 Å². The van der Waals surface area contributed by atoms with E-state index < -0.39 is 0 Å². The fourth-order valence-corrected chi connectivity index (χ4v) is 2.28. The van der Waals surface area contributed by atoms with Crippen molar-refractivity contribution >= 4 is 34.8 Å². The highest BCUT2D eigenvalue weighted by atomic mass is 35.5. The van der Waals surface area contributed by atoms with Crippen LogP contribution in [-0.2, 0) is 9.59 Å². The van der Waals surface area contributed by atoms with Crippen LogP contribution in [0.25, 0.3) is 0 Å². The molecule has 0 spiro atoms. The molecule has 0 aliphatic carbocycles. The number of benzene rings is 2. The van der Waals surface area contributed by atoms with Gasteiger partial charge in [-0.1, -0.05) is 23.7 Å². The van der Waals surface area contributed by atoms with Crippen LogP contribution in [-0.4, -0.2) is 11.8 Å². The van der Waals surface area contributed by atoms with E-state index >= 15 is 0 Å². The molecule has 0 aliphatic heterocycles. The van der Waals surface area contributed by atoms with Crippen LogP contribution in [0.2, 0.25) is 5.02 Å². The third kappa shape index (κ3) is 4.57. The molecule has 2 rings (SSSR count). The Bertz CT molecular complexity index is 757. The van der Waals surface area contributed by atoms with E-state index in [0.29, 0.717) is 16.4 Å². The predicted molar refractivity (Wildman–Crippen MR) is 94.0 cm³/mol. The molecule has 0 saturated carbocycles. The van der Waals surface area contributed by atoms with Crippen molar-refractivity contribution in [3.05, 3.63) is 58.1 Å². The number of hydrogen-bond acceptors (Lipinski definition) is 2. The third-order valence-electron chi connectivity index (χ3n) is 3.65. The minimum Gasteiger partial charge on any atom is -0.326 e. The summed E-state index contributed by atoms with van der Waals surface area (Å²) in [6, 6.07) is 10.9. The Morgan fingerprint density at radius 1 is 0.957 bits per heavy atom. The lowest BCUT2D eigenvalue weighted by Crippen LogP contribution is -2.21. The Morgan fingerprint density at radius 3 is 2.35 bits per heavy atom. The minimum absolute atomic E-state index is 0.251. The van der Waals surface area contributed by atoms with Crippen molar-refractivity contribution in [2.24, 2.45) is 0 Å². The number of rotatable bonds is 4. The van der Waals surface area contributed by atoms with E-state index in [9.17, 15) is 9.59 Å². The van der Waals surface area contributed by atoms with E-state index in [1.165, 1.54) is 0 Å². The van der Waals surface area contributed by atoms with E-state index in [0.717, 1.165) is 16.7 Å². The molecule has 23 heavy (non-hydrogen) atoms.